The van der Waals surface area contributed by atoms with Crippen LogP contribution < -0.4 is 5.32 Å². The van der Waals surface area contributed by atoms with Crippen LogP contribution in [0.15, 0.2) is 6.20 Å². The molecule has 1 N–H and O–H groups in total. The van der Waals surface area contributed by atoms with E-state index in [2.05, 4.69) is 14.9 Å². The Balaban J connectivity index is 1.61. The van der Waals surface area contributed by atoms with Gasteiger partial charge < -0.3 is 19.5 Å². The number of nitrogens with one attached hydrogen (secondary N) is 1. The van der Waals surface area contributed by atoms with E-state index in [1.807, 2.05) is 0 Å². The largest absolute Gasteiger partial charge is 0.383 e. The third-order valence-electron chi connectivity index (χ3n) is 4.37. The van der Waals surface area contributed by atoms with E-state index in [1.165, 1.54) is 0 Å². The molecule has 7 heteroatoms. The van der Waals surface area contributed by atoms with E-state index in [-0.39, 0.29) is 24.2 Å². The van der Waals surface area contributed by atoms with Gasteiger partial charge in [-0.3, -0.25) is 9.59 Å². The van der Waals surface area contributed by atoms with Crippen molar-refractivity contribution in [1.29, 1.82) is 0 Å². The molecule has 1 fully saturated rings. The van der Waals surface area contributed by atoms with Crippen LogP contribution in [0, 0.1) is 5.92 Å². The Kier molecular flexibility index (Phi) is 4.42. The van der Waals surface area contributed by atoms with Crippen molar-refractivity contribution in [3.8, 4) is 0 Å². The number of carbonyl (C=O) groups excluding carboxylic acids is 2. The minimum Gasteiger partial charge on any atom is -0.383 e. The summed E-state index contributed by atoms with van der Waals surface area (Å²) < 4.78 is 7.06. The summed E-state index contributed by atoms with van der Waals surface area (Å²) in [7, 11) is 1.60. The number of methoxy groups -OCH3 is 1. The van der Waals surface area contributed by atoms with E-state index in [4.69, 9.17) is 4.74 Å². The molecule has 0 bridgehead atoms. The summed E-state index contributed by atoms with van der Waals surface area (Å²) in [5, 5.41) is 2.94. The zero-order valence-corrected chi connectivity index (χ0v) is 12.9. The molecule has 0 saturated carbocycles. The number of amides is 2. The zero-order chi connectivity index (χ0) is 15.5. The maximum Gasteiger partial charge on any atom is 0.230 e. The lowest BCUT2D eigenvalue weighted by Crippen LogP contribution is -2.31. The molecule has 7 nitrogen and oxygen atoms in total. The van der Waals surface area contributed by atoms with Crippen LogP contribution in [0.1, 0.15) is 25.1 Å². The van der Waals surface area contributed by atoms with Crippen molar-refractivity contribution in [3.05, 3.63) is 12.0 Å². The Labute approximate surface area is 129 Å². The topological polar surface area (TPSA) is 76.5 Å². The van der Waals surface area contributed by atoms with E-state index >= 15 is 0 Å². The number of rotatable bonds is 5. The van der Waals surface area contributed by atoms with Gasteiger partial charge in [0.25, 0.3) is 0 Å². The fraction of sp³-hybridized carbons (Fsp3) is 0.667. The molecule has 3 rings (SSSR count). The molecule has 22 heavy (non-hydrogen) atoms. The first-order chi connectivity index (χ1) is 10.7. The molecule has 2 aliphatic heterocycles. The molecule has 3 heterocycles. The smallest absolute Gasteiger partial charge is 0.230 e. The first-order valence-corrected chi connectivity index (χ1v) is 7.81. The van der Waals surface area contributed by atoms with Crippen LogP contribution in [0.3, 0.4) is 0 Å². The lowest BCUT2D eigenvalue weighted by atomic mass is 10.1. The number of anilines is 1. The number of ether oxygens (including phenoxy) is 1. The Hall–Kier alpha value is -1.89. The quantitative estimate of drug-likeness (QED) is 0.866. The van der Waals surface area contributed by atoms with Gasteiger partial charge in [-0.15, -0.1) is 0 Å². The first-order valence-electron chi connectivity index (χ1n) is 7.81. The predicted octanol–water partition coefficient (Wildman–Crippen LogP) is 0.653. The van der Waals surface area contributed by atoms with Crippen molar-refractivity contribution in [2.75, 3.05) is 32.1 Å². The minimum absolute atomic E-state index is 0.0208. The number of carbonyl (C=O) groups is 2. The maximum absolute atomic E-state index is 12.4. The molecule has 0 radical (unpaired) electrons. The zero-order valence-electron chi connectivity index (χ0n) is 12.9. The van der Waals surface area contributed by atoms with Crippen LogP contribution in [-0.4, -0.2) is 53.1 Å². The van der Waals surface area contributed by atoms with Crippen LogP contribution >= 0.6 is 0 Å². The van der Waals surface area contributed by atoms with Crippen LogP contribution in [-0.2, 0) is 27.3 Å². The standard InChI is InChI=1S/C15H22N4O3/c1-22-7-6-18-10-11(8-14(18)20)15(21)17-13-9-16-12-4-2-3-5-19(12)13/h9,11H,2-8,10H2,1H3,(H,17,21)/t11-/m1/s1. The van der Waals surface area contributed by atoms with Gasteiger partial charge in [-0.25, -0.2) is 4.98 Å². The summed E-state index contributed by atoms with van der Waals surface area (Å²) >= 11 is 0. The Morgan fingerprint density at radius 3 is 3.18 bits per heavy atom. The second-order valence-corrected chi connectivity index (χ2v) is 5.89. The van der Waals surface area contributed by atoms with E-state index in [1.54, 1.807) is 18.2 Å². The van der Waals surface area contributed by atoms with Crippen LogP contribution in [0.4, 0.5) is 5.82 Å². The highest BCUT2D eigenvalue weighted by Gasteiger charge is 2.34. The summed E-state index contributed by atoms with van der Waals surface area (Å²) in [5.74, 6) is 1.42. The fourth-order valence-corrected chi connectivity index (χ4v) is 3.11. The highest BCUT2D eigenvalue weighted by Crippen LogP contribution is 2.22. The van der Waals surface area contributed by atoms with Gasteiger partial charge >= 0.3 is 0 Å². The Morgan fingerprint density at radius 2 is 2.36 bits per heavy atom. The summed E-state index contributed by atoms with van der Waals surface area (Å²) in [6.07, 6.45) is 5.21. The number of aromatic nitrogens is 2. The molecule has 1 aromatic heterocycles. The van der Waals surface area contributed by atoms with Gasteiger partial charge in [-0.1, -0.05) is 0 Å². The highest BCUT2D eigenvalue weighted by atomic mass is 16.5. The van der Waals surface area contributed by atoms with E-state index in [0.29, 0.717) is 19.7 Å². The first kappa shape index (κ1) is 15.0. The van der Waals surface area contributed by atoms with Crippen molar-refractivity contribution in [2.24, 2.45) is 5.92 Å². The Bertz CT molecular complexity index is 569. The molecular weight excluding hydrogens is 284 g/mol. The third-order valence-corrected chi connectivity index (χ3v) is 4.37. The van der Waals surface area contributed by atoms with E-state index in [0.717, 1.165) is 37.4 Å². The normalized spacial score (nSPS) is 21.0. The molecule has 120 valence electrons. The fourth-order valence-electron chi connectivity index (χ4n) is 3.11. The molecular formula is C15H22N4O3. The van der Waals surface area contributed by atoms with E-state index in [9.17, 15) is 9.59 Å². The van der Waals surface area contributed by atoms with Crippen molar-refractivity contribution in [3.63, 3.8) is 0 Å². The van der Waals surface area contributed by atoms with Gasteiger partial charge in [0, 0.05) is 39.6 Å². The molecule has 1 saturated heterocycles. The lowest BCUT2D eigenvalue weighted by molar-refractivity contribution is -0.128. The molecule has 1 aromatic rings. The van der Waals surface area contributed by atoms with E-state index < -0.39 is 0 Å². The van der Waals surface area contributed by atoms with Crippen LogP contribution in [0.5, 0.6) is 0 Å². The van der Waals surface area contributed by atoms with Crippen molar-refractivity contribution >= 4 is 17.6 Å². The summed E-state index contributed by atoms with van der Waals surface area (Å²) in [6.45, 7) is 2.40. The lowest BCUT2D eigenvalue weighted by Gasteiger charge is -2.18. The van der Waals surface area contributed by atoms with Crippen molar-refractivity contribution in [1.82, 2.24) is 14.5 Å². The number of likely N-dealkylation sites (tertiary alicyclic amines) is 1. The number of imidazole rings is 1. The average molecular weight is 306 g/mol. The van der Waals surface area contributed by atoms with Crippen LogP contribution in [0.25, 0.3) is 0 Å². The molecule has 0 unspecified atom stereocenters. The number of fused-ring (bicyclic) bond motifs is 1. The second kappa shape index (κ2) is 6.48. The summed E-state index contributed by atoms with van der Waals surface area (Å²) in [6, 6.07) is 0. The van der Waals surface area contributed by atoms with Gasteiger partial charge in [0.1, 0.15) is 11.6 Å². The molecule has 0 spiro atoms. The summed E-state index contributed by atoms with van der Waals surface area (Å²) in [5.41, 5.74) is 0. The monoisotopic (exact) mass is 306 g/mol. The second-order valence-electron chi connectivity index (χ2n) is 5.89. The Morgan fingerprint density at radius 1 is 1.50 bits per heavy atom. The molecule has 2 amide bonds. The van der Waals surface area contributed by atoms with Crippen molar-refractivity contribution < 1.29 is 14.3 Å². The molecule has 1 atom stereocenters. The van der Waals surface area contributed by atoms with Gasteiger partial charge in [-0.2, -0.15) is 0 Å². The number of aryl methyl sites for hydroxylation is 1. The molecule has 0 aliphatic carbocycles. The molecule has 0 aromatic carbocycles. The predicted molar refractivity (Wildman–Crippen MR) is 80.4 cm³/mol. The SMILES string of the molecule is COCCN1C[C@H](C(=O)Nc2cnc3n2CCCC3)CC1=O. The molecule has 2 aliphatic rings. The van der Waals surface area contributed by atoms with Gasteiger partial charge in [-0.05, 0) is 12.8 Å². The highest BCUT2D eigenvalue weighted by molar-refractivity contribution is 5.96. The minimum atomic E-state index is -0.293. The number of hydrogen-bond acceptors (Lipinski definition) is 4. The van der Waals surface area contributed by atoms with Gasteiger partial charge in [0.05, 0.1) is 18.7 Å². The summed E-state index contributed by atoms with van der Waals surface area (Å²) in [4.78, 5) is 30.4. The maximum atomic E-state index is 12.4. The van der Waals surface area contributed by atoms with Gasteiger partial charge in [0.2, 0.25) is 11.8 Å². The van der Waals surface area contributed by atoms with Crippen LogP contribution in [0.2, 0.25) is 0 Å². The third kappa shape index (κ3) is 2.99. The number of nitrogens with zero attached hydrogens (tertiary/aromatic N) is 3. The van der Waals surface area contributed by atoms with Crippen molar-refractivity contribution in [2.45, 2.75) is 32.2 Å². The number of hydrogen-bond donors (Lipinski definition) is 1. The average Bonchev–Trinajstić information content (AvgIpc) is 3.10. The van der Waals surface area contributed by atoms with Gasteiger partial charge in [0.15, 0.2) is 0 Å².